The fourth-order valence-electron chi connectivity index (χ4n) is 1.84. The molecule has 0 heterocycles. The van der Waals surface area contributed by atoms with Crippen molar-refractivity contribution in [1.82, 2.24) is 0 Å². The molecule has 0 amide bonds. The summed E-state index contributed by atoms with van der Waals surface area (Å²) in [5, 5.41) is 0. The van der Waals surface area contributed by atoms with Crippen LogP contribution in [0.3, 0.4) is 0 Å². The van der Waals surface area contributed by atoms with Crippen molar-refractivity contribution >= 4 is 23.5 Å². The average Bonchev–Trinajstić information content (AvgIpc) is 2.51. The molecule has 116 valence electrons. The highest BCUT2D eigenvalue weighted by Crippen LogP contribution is 2.40. The zero-order chi connectivity index (χ0) is 15.0. The highest BCUT2D eigenvalue weighted by Gasteiger charge is 2.21. The summed E-state index contributed by atoms with van der Waals surface area (Å²) in [5.41, 5.74) is 1.36. The number of rotatable bonds is 4. The van der Waals surface area contributed by atoms with Gasteiger partial charge in [0.1, 0.15) is 0 Å². The van der Waals surface area contributed by atoms with Crippen LogP contribution in [0.1, 0.15) is 40.7 Å². The number of thioether (sulfide) groups is 2. The fraction of sp³-hybridized carbons (Fsp3) is 0.368. The second-order valence-electron chi connectivity index (χ2n) is 4.65. The lowest BCUT2D eigenvalue weighted by Gasteiger charge is -2.24. The topological polar surface area (TPSA) is 0 Å². The van der Waals surface area contributed by atoms with Gasteiger partial charge in [0.05, 0.1) is 0 Å². The van der Waals surface area contributed by atoms with Crippen LogP contribution in [-0.4, -0.2) is 6.26 Å². The van der Waals surface area contributed by atoms with Crippen LogP contribution < -0.4 is 0 Å². The molecule has 0 aliphatic heterocycles. The predicted molar refractivity (Wildman–Crippen MR) is 102 cm³/mol. The minimum Gasteiger partial charge on any atom is -0.130 e. The van der Waals surface area contributed by atoms with E-state index in [1.807, 2.05) is 25.6 Å². The largest absolute Gasteiger partial charge is 0.130 e. The van der Waals surface area contributed by atoms with Crippen molar-refractivity contribution in [3.63, 3.8) is 0 Å². The third-order valence-corrected chi connectivity index (χ3v) is 4.90. The molecule has 0 bridgehead atoms. The van der Waals surface area contributed by atoms with Gasteiger partial charge in [0.2, 0.25) is 0 Å². The van der Waals surface area contributed by atoms with Gasteiger partial charge in [-0.05, 0) is 49.9 Å². The molecule has 0 aromatic heterocycles. The van der Waals surface area contributed by atoms with E-state index in [9.17, 15) is 0 Å². The molecule has 2 aromatic carbocycles. The second-order valence-corrected chi connectivity index (χ2v) is 7.23. The standard InChI is InChI=1S/C16H18S2.C2H6.CH4/c1-16(2,13-7-5-4-6-8-13)18-15-11-9-14(17-3)10-12-15;1-2;/h4-12H,1-3H3;1-2H3;1H4. The molecule has 2 rings (SSSR count). The van der Waals surface area contributed by atoms with Crippen molar-refractivity contribution in [2.45, 2.75) is 49.7 Å². The Kier molecular flexibility index (Phi) is 9.56. The molecule has 0 saturated heterocycles. The third kappa shape index (κ3) is 6.19. The molecule has 0 N–H and O–H groups in total. The lowest BCUT2D eigenvalue weighted by molar-refractivity contribution is 0.782. The molecule has 0 spiro atoms. The van der Waals surface area contributed by atoms with Gasteiger partial charge in [0.25, 0.3) is 0 Å². The Morgan fingerprint density at radius 3 is 1.71 bits per heavy atom. The SMILES string of the molecule is C.CC.CSc1ccc(SC(C)(C)c2ccccc2)cc1. The van der Waals surface area contributed by atoms with Gasteiger partial charge in [-0.25, -0.2) is 0 Å². The van der Waals surface area contributed by atoms with Gasteiger partial charge in [0, 0.05) is 14.5 Å². The Morgan fingerprint density at radius 1 is 0.762 bits per heavy atom. The number of hydrogen-bond donors (Lipinski definition) is 0. The van der Waals surface area contributed by atoms with E-state index < -0.39 is 0 Å². The number of benzene rings is 2. The van der Waals surface area contributed by atoms with Gasteiger partial charge in [-0.3, -0.25) is 0 Å². The molecule has 0 saturated carbocycles. The lowest BCUT2D eigenvalue weighted by Crippen LogP contribution is -2.11. The minimum atomic E-state index is 0. The van der Waals surface area contributed by atoms with Gasteiger partial charge < -0.3 is 0 Å². The first-order valence-electron chi connectivity index (χ1n) is 7.00. The molecule has 0 radical (unpaired) electrons. The van der Waals surface area contributed by atoms with E-state index in [1.165, 1.54) is 15.4 Å². The first kappa shape index (κ1) is 20.1. The molecule has 0 fully saturated rings. The molecule has 0 unspecified atom stereocenters. The van der Waals surface area contributed by atoms with E-state index in [0.29, 0.717) is 0 Å². The first-order valence-corrected chi connectivity index (χ1v) is 9.04. The van der Waals surface area contributed by atoms with Crippen LogP contribution in [0.4, 0.5) is 0 Å². The van der Waals surface area contributed by atoms with Gasteiger partial charge in [-0.1, -0.05) is 51.6 Å². The minimum absolute atomic E-state index is 0. The molecule has 0 nitrogen and oxygen atoms in total. The normalized spacial score (nSPS) is 10.1. The summed E-state index contributed by atoms with van der Waals surface area (Å²) in [7, 11) is 0. The Bertz CT molecular complexity index is 487. The first-order chi connectivity index (χ1) is 9.62. The molecule has 2 aromatic rings. The molecule has 21 heavy (non-hydrogen) atoms. The van der Waals surface area contributed by atoms with Crippen LogP contribution in [0.5, 0.6) is 0 Å². The van der Waals surface area contributed by atoms with Crippen molar-refractivity contribution < 1.29 is 0 Å². The van der Waals surface area contributed by atoms with E-state index in [4.69, 9.17) is 0 Å². The molecular formula is C19H28S2. The third-order valence-electron chi connectivity index (χ3n) is 2.90. The molecule has 2 heteroatoms. The maximum atomic E-state index is 2.27. The Labute approximate surface area is 139 Å². The van der Waals surface area contributed by atoms with Gasteiger partial charge >= 0.3 is 0 Å². The van der Waals surface area contributed by atoms with Gasteiger partial charge in [-0.15, -0.1) is 23.5 Å². The summed E-state index contributed by atoms with van der Waals surface area (Å²) in [6.45, 7) is 8.55. The second kappa shape index (κ2) is 9.97. The maximum absolute atomic E-state index is 2.27. The van der Waals surface area contributed by atoms with Crippen LogP contribution in [0.15, 0.2) is 64.4 Å². The van der Waals surface area contributed by atoms with E-state index in [0.717, 1.165) is 0 Å². The van der Waals surface area contributed by atoms with E-state index in [2.05, 4.69) is 74.7 Å². The highest BCUT2D eigenvalue weighted by atomic mass is 32.2. The quantitative estimate of drug-likeness (QED) is 0.551. The zero-order valence-corrected chi connectivity index (χ0v) is 14.6. The average molecular weight is 321 g/mol. The Balaban J connectivity index is 0.00000128. The van der Waals surface area contributed by atoms with Crippen LogP contribution in [0.2, 0.25) is 0 Å². The summed E-state index contributed by atoms with van der Waals surface area (Å²) < 4.78 is 0.0993. The molecule has 0 atom stereocenters. The molecule has 0 aliphatic carbocycles. The smallest absolute Gasteiger partial charge is 0.0399 e. The van der Waals surface area contributed by atoms with Gasteiger partial charge in [-0.2, -0.15) is 0 Å². The van der Waals surface area contributed by atoms with Crippen molar-refractivity contribution in [3.8, 4) is 0 Å². The van der Waals surface area contributed by atoms with E-state index in [-0.39, 0.29) is 12.2 Å². The Hall–Kier alpha value is -0.860. The van der Waals surface area contributed by atoms with Crippen molar-refractivity contribution in [1.29, 1.82) is 0 Å². The van der Waals surface area contributed by atoms with Gasteiger partial charge in [0.15, 0.2) is 0 Å². The van der Waals surface area contributed by atoms with Crippen LogP contribution in [0, 0.1) is 0 Å². The molecule has 0 aliphatic rings. The van der Waals surface area contributed by atoms with E-state index >= 15 is 0 Å². The predicted octanol–water partition coefficient (Wildman–Crippen LogP) is 7.10. The summed E-state index contributed by atoms with van der Waals surface area (Å²) in [5.74, 6) is 0. The van der Waals surface area contributed by atoms with E-state index in [1.54, 1.807) is 11.8 Å². The summed E-state index contributed by atoms with van der Waals surface area (Å²) in [6, 6.07) is 19.5. The lowest BCUT2D eigenvalue weighted by atomic mass is 10.0. The summed E-state index contributed by atoms with van der Waals surface area (Å²) in [4.78, 5) is 2.64. The Morgan fingerprint density at radius 2 is 1.24 bits per heavy atom. The zero-order valence-electron chi connectivity index (χ0n) is 13.0. The monoisotopic (exact) mass is 320 g/mol. The van der Waals surface area contributed by atoms with Crippen molar-refractivity contribution in [2.24, 2.45) is 0 Å². The van der Waals surface area contributed by atoms with Crippen LogP contribution in [0.25, 0.3) is 0 Å². The maximum Gasteiger partial charge on any atom is 0.0399 e. The number of hydrogen-bond acceptors (Lipinski definition) is 2. The summed E-state index contributed by atoms with van der Waals surface area (Å²) in [6.07, 6.45) is 2.11. The fourth-order valence-corrected chi connectivity index (χ4v) is 3.36. The highest BCUT2D eigenvalue weighted by molar-refractivity contribution is 8.00. The van der Waals surface area contributed by atoms with Crippen molar-refractivity contribution in [2.75, 3.05) is 6.26 Å². The van der Waals surface area contributed by atoms with Crippen LogP contribution >= 0.6 is 23.5 Å². The molecular weight excluding hydrogens is 292 g/mol. The summed E-state index contributed by atoms with van der Waals surface area (Å²) >= 11 is 3.69. The van der Waals surface area contributed by atoms with Crippen LogP contribution in [-0.2, 0) is 4.75 Å². The van der Waals surface area contributed by atoms with Crippen molar-refractivity contribution in [3.05, 3.63) is 60.2 Å².